The van der Waals surface area contributed by atoms with Crippen molar-refractivity contribution in [1.29, 1.82) is 0 Å². The van der Waals surface area contributed by atoms with E-state index in [4.69, 9.17) is 0 Å². The van der Waals surface area contributed by atoms with Gasteiger partial charge in [0.25, 0.3) is 0 Å². The molecule has 0 saturated heterocycles. The largest absolute Gasteiger partial charge is 0.370 e. The topological polar surface area (TPSA) is 3.24 Å². The Morgan fingerprint density at radius 2 is 1.63 bits per heavy atom. The Bertz CT molecular complexity index is 557. The molecule has 98 valence electrons. The highest BCUT2D eigenvalue weighted by atomic mass is 15.2. The molecule has 0 bridgehead atoms. The Labute approximate surface area is 115 Å². The van der Waals surface area contributed by atoms with Gasteiger partial charge < -0.3 is 4.90 Å². The predicted molar refractivity (Wildman–Crippen MR) is 81.8 cm³/mol. The first kappa shape index (κ1) is 12.3. The van der Waals surface area contributed by atoms with E-state index in [2.05, 4.69) is 73.3 Å². The van der Waals surface area contributed by atoms with Crippen LogP contribution < -0.4 is 4.90 Å². The van der Waals surface area contributed by atoms with Crippen LogP contribution in [0.3, 0.4) is 0 Å². The van der Waals surface area contributed by atoms with E-state index >= 15 is 0 Å². The maximum atomic E-state index is 2.53. The van der Waals surface area contributed by atoms with Gasteiger partial charge in [0.15, 0.2) is 0 Å². The van der Waals surface area contributed by atoms with E-state index in [1.54, 1.807) is 0 Å². The van der Waals surface area contributed by atoms with Crippen molar-refractivity contribution in [2.24, 2.45) is 0 Å². The molecule has 0 unspecified atom stereocenters. The molecule has 0 atom stereocenters. The summed E-state index contributed by atoms with van der Waals surface area (Å²) in [6, 6.07) is 19.6. The van der Waals surface area contributed by atoms with Crippen LogP contribution in [0.25, 0.3) is 0 Å². The molecule has 0 saturated carbocycles. The highest BCUT2D eigenvalue weighted by Gasteiger charge is 2.34. The SMILES string of the molecule is CC1(C)CN(CCc2ccccc2)c2ccccc21. The second kappa shape index (κ2) is 4.73. The maximum Gasteiger partial charge on any atom is 0.0405 e. The number of hydrogen-bond donors (Lipinski definition) is 0. The van der Waals surface area contributed by atoms with Gasteiger partial charge in [0, 0.05) is 24.2 Å². The van der Waals surface area contributed by atoms with E-state index in [0.717, 1.165) is 19.5 Å². The van der Waals surface area contributed by atoms with Crippen LogP contribution in [0.5, 0.6) is 0 Å². The van der Waals surface area contributed by atoms with E-state index in [0.29, 0.717) is 0 Å². The summed E-state index contributed by atoms with van der Waals surface area (Å²) in [5.41, 5.74) is 4.60. The van der Waals surface area contributed by atoms with Crippen molar-refractivity contribution < 1.29 is 0 Å². The molecule has 0 fully saturated rings. The zero-order chi connectivity index (χ0) is 13.3. The third-order valence-electron chi connectivity index (χ3n) is 4.07. The Morgan fingerprint density at radius 3 is 2.42 bits per heavy atom. The third-order valence-corrected chi connectivity index (χ3v) is 4.07. The van der Waals surface area contributed by atoms with Crippen molar-refractivity contribution >= 4 is 5.69 Å². The lowest BCUT2D eigenvalue weighted by atomic mass is 9.87. The molecule has 3 rings (SSSR count). The highest BCUT2D eigenvalue weighted by molar-refractivity contribution is 5.62. The van der Waals surface area contributed by atoms with Gasteiger partial charge in [0.2, 0.25) is 0 Å². The second-order valence-corrected chi connectivity index (χ2v) is 6.06. The number of nitrogens with zero attached hydrogens (tertiary/aromatic N) is 1. The summed E-state index contributed by atoms with van der Waals surface area (Å²) in [6.45, 7) is 6.91. The summed E-state index contributed by atoms with van der Waals surface area (Å²) in [6.07, 6.45) is 1.12. The van der Waals surface area contributed by atoms with Crippen LogP contribution in [-0.4, -0.2) is 13.1 Å². The summed E-state index contributed by atoms with van der Waals surface area (Å²) in [5.74, 6) is 0. The van der Waals surface area contributed by atoms with Crippen LogP contribution >= 0.6 is 0 Å². The zero-order valence-corrected chi connectivity index (χ0v) is 11.8. The standard InChI is InChI=1S/C18H21N/c1-18(2)14-19(17-11-7-6-10-16(17)18)13-12-15-8-4-3-5-9-15/h3-11H,12-14H2,1-2H3. The Morgan fingerprint density at radius 1 is 0.947 bits per heavy atom. The zero-order valence-electron chi connectivity index (χ0n) is 11.8. The molecular formula is C18H21N. The van der Waals surface area contributed by atoms with Crippen LogP contribution in [0.2, 0.25) is 0 Å². The lowest BCUT2D eigenvalue weighted by Crippen LogP contribution is -2.30. The van der Waals surface area contributed by atoms with Crippen molar-refractivity contribution in [2.75, 3.05) is 18.0 Å². The summed E-state index contributed by atoms with van der Waals surface area (Å²) in [7, 11) is 0. The molecule has 0 spiro atoms. The second-order valence-electron chi connectivity index (χ2n) is 6.06. The number of anilines is 1. The van der Waals surface area contributed by atoms with Gasteiger partial charge in [-0.3, -0.25) is 0 Å². The monoisotopic (exact) mass is 251 g/mol. The average Bonchev–Trinajstić information content (AvgIpc) is 2.70. The van der Waals surface area contributed by atoms with Gasteiger partial charge >= 0.3 is 0 Å². The summed E-state index contributed by atoms with van der Waals surface area (Å²) in [4.78, 5) is 2.53. The molecule has 1 nitrogen and oxygen atoms in total. The van der Waals surface area contributed by atoms with Gasteiger partial charge in [-0.1, -0.05) is 62.4 Å². The van der Waals surface area contributed by atoms with Gasteiger partial charge in [-0.25, -0.2) is 0 Å². The highest BCUT2D eigenvalue weighted by Crippen LogP contribution is 2.39. The molecule has 2 aromatic rings. The van der Waals surface area contributed by atoms with Crippen molar-refractivity contribution in [1.82, 2.24) is 0 Å². The molecule has 0 amide bonds. The van der Waals surface area contributed by atoms with Crippen LogP contribution in [0.4, 0.5) is 5.69 Å². The molecule has 1 heterocycles. The fourth-order valence-electron chi connectivity index (χ4n) is 3.08. The molecular weight excluding hydrogens is 230 g/mol. The van der Waals surface area contributed by atoms with E-state index < -0.39 is 0 Å². The lowest BCUT2D eigenvalue weighted by Gasteiger charge is -2.22. The number of rotatable bonds is 3. The molecule has 0 aliphatic carbocycles. The first-order chi connectivity index (χ1) is 9.17. The van der Waals surface area contributed by atoms with Gasteiger partial charge in [0.1, 0.15) is 0 Å². The lowest BCUT2D eigenvalue weighted by molar-refractivity contribution is 0.550. The fourth-order valence-corrected chi connectivity index (χ4v) is 3.08. The molecule has 1 heteroatoms. The molecule has 1 aliphatic heterocycles. The van der Waals surface area contributed by atoms with E-state index in [1.165, 1.54) is 16.8 Å². The third kappa shape index (κ3) is 2.37. The Hall–Kier alpha value is -1.76. The minimum atomic E-state index is 0.271. The summed E-state index contributed by atoms with van der Waals surface area (Å²) < 4.78 is 0. The van der Waals surface area contributed by atoms with E-state index in [-0.39, 0.29) is 5.41 Å². The number of benzene rings is 2. The molecule has 19 heavy (non-hydrogen) atoms. The van der Waals surface area contributed by atoms with Gasteiger partial charge in [-0.2, -0.15) is 0 Å². The Kier molecular flexibility index (Phi) is 3.06. The summed E-state index contributed by atoms with van der Waals surface area (Å²) >= 11 is 0. The van der Waals surface area contributed by atoms with Crippen LogP contribution in [0, 0.1) is 0 Å². The number of para-hydroxylation sites is 1. The van der Waals surface area contributed by atoms with Crippen molar-refractivity contribution in [2.45, 2.75) is 25.7 Å². The number of fused-ring (bicyclic) bond motifs is 1. The summed E-state index contributed by atoms with van der Waals surface area (Å²) in [5, 5.41) is 0. The van der Waals surface area contributed by atoms with E-state index in [1.807, 2.05) is 0 Å². The van der Waals surface area contributed by atoms with Gasteiger partial charge in [-0.05, 0) is 23.6 Å². The van der Waals surface area contributed by atoms with Crippen LogP contribution in [0.1, 0.15) is 25.0 Å². The minimum absolute atomic E-state index is 0.271. The normalized spacial score (nSPS) is 16.4. The van der Waals surface area contributed by atoms with Gasteiger partial charge in [-0.15, -0.1) is 0 Å². The van der Waals surface area contributed by atoms with Crippen molar-refractivity contribution in [3.05, 3.63) is 65.7 Å². The molecule has 0 aromatic heterocycles. The first-order valence-electron chi connectivity index (χ1n) is 7.05. The van der Waals surface area contributed by atoms with Crippen LogP contribution in [0.15, 0.2) is 54.6 Å². The van der Waals surface area contributed by atoms with Crippen LogP contribution in [-0.2, 0) is 11.8 Å². The fraction of sp³-hybridized carbons (Fsp3) is 0.333. The molecule has 1 aliphatic rings. The van der Waals surface area contributed by atoms with Crippen molar-refractivity contribution in [3.63, 3.8) is 0 Å². The minimum Gasteiger partial charge on any atom is -0.370 e. The first-order valence-corrected chi connectivity index (χ1v) is 7.05. The molecule has 0 radical (unpaired) electrons. The predicted octanol–water partition coefficient (Wildman–Crippen LogP) is 4.03. The Balaban J connectivity index is 1.77. The number of hydrogen-bond acceptors (Lipinski definition) is 1. The maximum absolute atomic E-state index is 2.53. The van der Waals surface area contributed by atoms with E-state index in [9.17, 15) is 0 Å². The average molecular weight is 251 g/mol. The molecule has 0 N–H and O–H groups in total. The molecule has 2 aromatic carbocycles. The van der Waals surface area contributed by atoms with Crippen molar-refractivity contribution in [3.8, 4) is 0 Å². The quantitative estimate of drug-likeness (QED) is 0.796. The van der Waals surface area contributed by atoms with Gasteiger partial charge in [0.05, 0.1) is 0 Å². The smallest absolute Gasteiger partial charge is 0.0405 e.